The molecule has 0 atom stereocenters. The fraction of sp³-hybridized carbons (Fsp3) is 0.133. The number of halogens is 2. The van der Waals surface area contributed by atoms with E-state index in [0.29, 0.717) is 21.5 Å². The summed E-state index contributed by atoms with van der Waals surface area (Å²) in [5, 5.41) is 0.596. The molecule has 2 aromatic carbocycles. The Morgan fingerprint density at radius 3 is 2.33 bits per heavy atom. The third-order valence-electron chi connectivity index (χ3n) is 2.71. The Hall–Kier alpha value is -1.91. The number of methoxy groups -OCH3 is 1. The second-order valence-corrected chi connectivity index (χ2v) is 5.02. The Morgan fingerprint density at radius 2 is 1.76 bits per heavy atom. The number of rotatable bonds is 5. The number of nitrogens with one attached hydrogen (secondary N) is 1. The van der Waals surface area contributed by atoms with E-state index in [-0.39, 0.29) is 6.42 Å². The Balaban J connectivity index is 1.98. The molecule has 0 aliphatic carbocycles. The molecule has 2 aromatic rings. The van der Waals surface area contributed by atoms with Crippen LogP contribution in [0.2, 0.25) is 10.0 Å². The topological polar surface area (TPSA) is 47.6 Å². The van der Waals surface area contributed by atoms with Gasteiger partial charge in [-0.25, -0.2) is 10.3 Å². The molecule has 1 N–H and O–H groups in total. The summed E-state index contributed by atoms with van der Waals surface area (Å²) in [4.78, 5) is 16.7. The predicted molar refractivity (Wildman–Crippen MR) is 82.9 cm³/mol. The zero-order chi connectivity index (χ0) is 15.2. The lowest BCUT2D eigenvalue weighted by molar-refractivity contribution is -0.139. The summed E-state index contributed by atoms with van der Waals surface area (Å²) in [6, 6.07) is 12.4. The molecule has 0 spiro atoms. The van der Waals surface area contributed by atoms with Gasteiger partial charge < -0.3 is 9.57 Å². The van der Waals surface area contributed by atoms with Gasteiger partial charge in [0.15, 0.2) is 0 Å². The second kappa shape index (κ2) is 7.20. The maximum atomic E-state index is 11.7. The van der Waals surface area contributed by atoms with E-state index in [2.05, 4.69) is 5.48 Å². The number of hydrogen-bond acceptors (Lipinski definition) is 4. The first kappa shape index (κ1) is 15.5. The third-order valence-corrected chi connectivity index (χ3v) is 3.31. The summed E-state index contributed by atoms with van der Waals surface area (Å²) >= 11 is 12.1. The average molecular weight is 326 g/mol. The van der Waals surface area contributed by atoms with Crippen LogP contribution in [-0.4, -0.2) is 13.1 Å². The van der Waals surface area contributed by atoms with Crippen molar-refractivity contribution in [3.8, 4) is 5.75 Å². The predicted octanol–water partition coefficient (Wildman–Crippen LogP) is 4.11. The summed E-state index contributed by atoms with van der Waals surface area (Å²) in [5.41, 5.74) is 3.66. The van der Waals surface area contributed by atoms with E-state index < -0.39 is 5.97 Å². The van der Waals surface area contributed by atoms with Gasteiger partial charge in [0.2, 0.25) is 0 Å². The molecule has 0 aromatic heterocycles. The molecule has 2 rings (SSSR count). The van der Waals surface area contributed by atoms with Crippen LogP contribution >= 0.6 is 23.2 Å². The van der Waals surface area contributed by atoms with Crippen molar-refractivity contribution < 1.29 is 14.4 Å². The van der Waals surface area contributed by atoms with E-state index in [1.807, 2.05) is 30.3 Å². The average Bonchev–Trinajstić information content (AvgIpc) is 2.47. The number of carbonyl (C=O) groups excluding carboxylic acids is 1. The molecule has 0 aliphatic rings. The lowest BCUT2D eigenvalue weighted by Crippen LogP contribution is -2.13. The van der Waals surface area contributed by atoms with Crippen LogP contribution in [0.25, 0.3) is 0 Å². The summed E-state index contributed by atoms with van der Waals surface area (Å²) in [6.07, 6.45) is 0.152. The molecule has 0 unspecified atom stereocenters. The lowest BCUT2D eigenvalue weighted by atomic mass is 10.2. The van der Waals surface area contributed by atoms with Gasteiger partial charge in [-0.3, -0.25) is 0 Å². The van der Waals surface area contributed by atoms with Crippen molar-refractivity contribution in [2.45, 2.75) is 6.42 Å². The van der Waals surface area contributed by atoms with E-state index in [4.69, 9.17) is 32.8 Å². The SMILES string of the molecule is COc1cc(Cl)c(NOC(=O)Cc2ccccc2)c(Cl)c1. The normalized spacial score (nSPS) is 10.0. The van der Waals surface area contributed by atoms with E-state index in [0.717, 1.165) is 5.56 Å². The van der Waals surface area contributed by atoms with E-state index in [9.17, 15) is 4.79 Å². The molecular formula is C15H13Cl2NO3. The summed E-state index contributed by atoms with van der Waals surface area (Å²) in [7, 11) is 1.51. The van der Waals surface area contributed by atoms with Crippen LogP contribution in [0, 0.1) is 0 Å². The van der Waals surface area contributed by atoms with E-state index >= 15 is 0 Å². The van der Waals surface area contributed by atoms with Crippen LogP contribution in [0.4, 0.5) is 5.69 Å². The van der Waals surface area contributed by atoms with Crippen molar-refractivity contribution in [2.24, 2.45) is 0 Å². The van der Waals surface area contributed by atoms with Crippen LogP contribution in [-0.2, 0) is 16.1 Å². The van der Waals surface area contributed by atoms with Crippen molar-refractivity contribution in [3.05, 3.63) is 58.1 Å². The first-order valence-electron chi connectivity index (χ1n) is 6.13. The van der Waals surface area contributed by atoms with Gasteiger partial charge in [0.1, 0.15) is 11.4 Å². The molecule has 0 bridgehead atoms. The van der Waals surface area contributed by atoms with Crippen LogP contribution in [0.3, 0.4) is 0 Å². The maximum Gasteiger partial charge on any atom is 0.336 e. The van der Waals surface area contributed by atoms with Crippen molar-refractivity contribution >= 4 is 34.9 Å². The van der Waals surface area contributed by atoms with Gasteiger partial charge in [0, 0.05) is 12.1 Å². The molecule has 0 saturated carbocycles. The standard InChI is InChI=1S/C15H13Cl2NO3/c1-20-11-8-12(16)15(13(17)9-11)18-21-14(19)7-10-5-3-2-4-6-10/h2-6,8-9,18H,7H2,1H3. The quantitative estimate of drug-likeness (QED) is 0.840. The third kappa shape index (κ3) is 4.28. The van der Waals surface area contributed by atoms with Gasteiger partial charge in [0.25, 0.3) is 0 Å². The van der Waals surface area contributed by atoms with Crippen LogP contribution in [0.5, 0.6) is 5.75 Å². The molecule has 0 amide bonds. The number of carbonyl (C=O) groups is 1. The van der Waals surface area contributed by atoms with Crippen molar-refractivity contribution in [1.82, 2.24) is 0 Å². The largest absolute Gasteiger partial charge is 0.497 e. The first-order chi connectivity index (χ1) is 10.1. The van der Waals surface area contributed by atoms with E-state index in [1.54, 1.807) is 12.1 Å². The highest BCUT2D eigenvalue weighted by atomic mass is 35.5. The smallest absolute Gasteiger partial charge is 0.336 e. The highest BCUT2D eigenvalue weighted by Gasteiger charge is 2.11. The molecule has 0 saturated heterocycles. The molecule has 4 nitrogen and oxygen atoms in total. The zero-order valence-corrected chi connectivity index (χ0v) is 12.7. The second-order valence-electron chi connectivity index (χ2n) is 4.20. The summed E-state index contributed by atoms with van der Waals surface area (Å²) < 4.78 is 5.03. The zero-order valence-electron chi connectivity index (χ0n) is 11.2. The molecule has 0 aliphatic heterocycles. The van der Waals surface area contributed by atoms with Gasteiger partial charge in [-0.1, -0.05) is 53.5 Å². The molecule has 21 heavy (non-hydrogen) atoms. The maximum absolute atomic E-state index is 11.7. The number of benzene rings is 2. The van der Waals surface area contributed by atoms with Crippen molar-refractivity contribution in [3.63, 3.8) is 0 Å². The molecule has 6 heteroatoms. The summed E-state index contributed by atoms with van der Waals surface area (Å²) in [5.74, 6) is 0.0790. The van der Waals surface area contributed by atoms with Gasteiger partial charge in [-0.15, -0.1) is 0 Å². The van der Waals surface area contributed by atoms with Gasteiger partial charge in [-0.2, -0.15) is 0 Å². The Labute approximate surface area is 132 Å². The summed E-state index contributed by atoms with van der Waals surface area (Å²) in [6.45, 7) is 0. The Morgan fingerprint density at radius 1 is 1.14 bits per heavy atom. The fourth-order valence-corrected chi connectivity index (χ4v) is 2.22. The first-order valence-corrected chi connectivity index (χ1v) is 6.88. The minimum absolute atomic E-state index is 0.152. The number of anilines is 1. The Bertz CT molecular complexity index is 609. The minimum Gasteiger partial charge on any atom is -0.497 e. The van der Waals surface area contributed by atoms with Gasteiger partial charge in [0.05, 0.1) is 23.6 Å². The van der Waals surface area contributed by atoms with E-state index in [1.165, 1.54) is 7.11 Å². The number of ether oxygens (including phenoxy) is 1. The van der Waals surface area contributed by atoms with Gasteiger partial charge >= 0.3 is 5.97 Å². The fourth-order valence-electron chi connectivity index (χ4n) is 1.67. The molecule has 0 fully saturated rings. The van der Waals surface area contributed by atoms with Crippen molar-refractivity contribution in [1.29, 1.82) is 0 Å². The van der Waals surface area contributed by atoms with Crippen LogP contribution in [0.15, 0.2) is 42.5 Å². The monoisotopic (exact) mass is 325 g/mol. The highest BCUT2D eigenvalue weighted by Crippen LogP contribution is 2.34. The van der Waals surface area contributed by atoms with Gasteiger partial charge in [-0.05, 0) is 5.56 Å². The Kier molecular flexibility index (Phi) is 5.31. The lowest BCUT2D eigenvalue weighted by Gasteiger charge is -2.11. The molecule has 0 radical (unpaired) electrons. The highest BCUT2D eigenvalue weighted by molar-refractivity contribution is 6.39. The molecular weight excluding hydrogens is 313 g/mol. The molecule has 110 valence electrons. The molecule has 0 heterocycles. The van der Waals surface area contributed by atoms with Crippen LogP contribution < -0.4 is 10.2 Å². The van der Waals surface area contributed by atoms with Crippen LogP contribution in [0.1, 0.15) is 5.56 Å². The minimum atomic E-state index is -0.441. The number of hydrogen-bond donors (Lipinski definition) is 1. The van der Waals surface area contributed by atoms with Crippen molar-refractivity contribution in [2.75, 3.05) is 12.6 Å².